The van der Waals surface area contributed by atoms with Crippen molar-refractivity contribution in [1.29, 1.82) is 0 Å². The molecule has 0 saturated carbocycles. The van der Waals surface area contributed by atoms with Crippen LogP contribution in [0.25, 0.3) is 0 Å². The van der Waals surface area contributed by atoms with Gasteiger partial charge in [0.1, 0.15) is 10.3 Å². The molecule has 0 unspecified atom stereocenters. The Morgan fingerprint density at radius 3 is 2.69 bits per heavy atom. The predicted octanol–water partition coefficient (Wildman–Crippen LogP) is 2.86. The van der Waals surface area contributed by atoms with Crippen LogP contribution in [0.5, 0.6) is 0 Å². The molecule has 0 N–H and O–H groups in total. The molecular formula is C11H16Cl2N2O. The molecule has 0 bridgehead atoms. The van der Waals surface area contributed by atoms with E-state index >= 15 is 0 Å². The lowest BCUT2D eigenvalue weighted by Gasteiger charge is -2.20. The number of likely N-dealkylation sites (N-methyl/N-ethyl adjacent to an activating group) is 1. The average molecular weight is 263 g/mol. The Kier molecular flexibility index (Phi) is 6.06. The van der Waals surface area contributed by atoms with Crippen LogP contribution >= 0.6 is 23.2 Å². The topological polar surface area (TPSA) is 25.4 Å². The van der Waals surface area contributed by atoms with Crippen LogP contribution in [-0.4, -0.2) is 36.7 Å². The fourth-order valence-electron chi connectivity index (χ4n) is 1.37. The van der Waals surface area contributed by atoms with Crippen LogP contribution in [0.3, 0.4) is 0 Å². The number of halogens is 2. The molecule has 0 aliphatic heterocycles. The Balaban J connectivity index is 2.62. The Morgan fingerprint density at radius 1 is 1.38 bits per heavy atom. The summed E-state index contributed by atoms with van der Waals surface area (Å²) in [6, 6.07) is 3.67. The first-order valence-corrected chi connectivity index (χ1v) is 5.95. The van der Waals surface area contributed by atoms with E-state index in [9.17, 15) is 0 Å². The summed E-state index contributed by atoms with van der Waals surface area (Å²) in [5.41, 5.74) is 0.990. The highest BCUT2D eigenvalue weighted by atomic mass is 35.5. The maximum atomic E-state index is 6.01. The quantitative estimate of drug-likeness (QED) is 0.738. The molecule has 1 heterocycles. The number of ether oxygens (including phenoxy) is 1. The highest BCUT2D eigenvalue weighted by molar-refractivity contribution is 6.32. The monoisotopic (exact) mass is 262 g/mol. The molecule has 3 nitrogen and oxygen atoms in total. The summed E-state index contributed by atoms with van der Waals surface area (Å²) in [5, 5.41) is 0.900. The second-order valence-corrected chi connectivity index (χ2v) is 4.19. The number of rotatable bonds is 6. The van der Waals surface area contributed by atoms with Crippen molar-refractivity contribution in [1.82, 2.24) is 9.88 Å². The first-order chi connectivity index (χ1) is 7.67. The molecule has 1 rings (SSSR count). The Morgan fingerprint density at radius 2 is 2.12 bits per heavy atom. The van der Waals surface area contributed by atoms with Gasteiger partial charge in [0.05, 0.1) is 6.61 Å². The van der Waals surface area contributed by atoms with Gasteiger partial charge in [-0.15, -0.1) is 0 Å². The molecule has 0 spiro atoms. The van der Waals surface area contributed by atoms with Gasteiger partial charge >= 0.3 is 0 Å². The maximum absolute atomic E-state index is 6.01. The third-order valence-electron chi connectivity index (χ3n) is 2.34. The summed E-state index contributed by atoms with van der Waals surface area (Å²) < 4.78 is 5.05. The molecule has 0 aliphatic carbocycles. The molecule has 90 valence electrons. The number of hydrogen-bond acceptors (Lipinski definition) is 3. The summed E-state index contributed by atoms with van der Waals surface area (Å²) in [4.78, 5) is 6.25. The van der Waals surface area contributed by atoms with Gasteiger partial charge in [0.25, 0.3) is 0 Å². The van der Waals surface area contributed by atoms with Gasteiger partial charge in [0, 0.05) is 25.8 Å². The van der Waals surface area contributed by atoms with Crippen molar-refractivity contribution in [2.45, 2.75) is 13.5 Å². The fraction of sp³-hybridized carbons (Fsp3) is 0.545. The molecule has 0 fully saturated rings. The zero-order chi connectivity index (χ0) is 12.0. The van der Waals surface area contributed by atoms with Crippen LogP contribution in [0, 0.1) is 0 Å². The largest absolute Gasteiger partial charge is 0.383 e. The first-order valence-electron chi connectivity index (χ1n) is 5.19. The van der Waals surface area contributed by atoms with Gasteiger partial charge in [-0.05, 0) is 12.6 Å². The van der Waals surface area contributed by atoms with Crippen molar-refractivity contribution in [2.24, 2.45) is 0 Å². The van der Waals surface area contributed by atoms with E-state index in [1.165, 1.54) is 0 Å². The number of aromatic nitrogens is 1. The number of methoxy groups -OCH3 is 1. The lowest BCUT2D eigenvalue weighted by Crippen LogP contribution is -2.26. The minimum absolute atomic E-state index is 0.425. The normalized spacial score (nSPS) is 11.1. The van der Waals surface area contributed by atoms with Crippen LogP contribution in [0.15, 0.2) is 12.1 Å². The standard InChI is InChI=1S/C11H16Cl2N2O/c1-3-15(6-7-16-2)8-9-4-5-10(12)14-11(9)13/h4-5H,3,6-8H2,1-2H3. The van der Waals surface area contributed by atoms with E-state index in [1.54, 1.807) is 13.2 Å². The molecule has 16 heavy (non-hydrogen) atoms. The number of hydrogen-bond donors (Lipinski definition) is 0. The van der Waals surface area contributed by atoms with E-state index in [1.807, 2.05) is 6.07 Å². The van der Waals surface area contributed by atoms with Gasteiger partial charge in [0.15, 0.2) is 0 Å². The lowest BCUT2D eigenvalue weighted by atomic mass is 10.2. The maximum Gasteiger partial charge on any atom is 0.135 e. The predicted molar refractivity (Wildman–Crippen MR) is 67.1 cm³/mol. The van der Waals surface area contributed by atoms with Crippen molar-refractivity contribution < 1.29 is 4.74 Å². The SMILES string of the molecule is CCN(CCOC)Cc1ccc(Cl)nc1Cl. The lowest BCUT2D eigenvalue weighted by molar-refractivity contribution is 0.147. The molecule has 0 amide bonds. The zero-order valence-corrected chi connectivity index (χ0v) is 11.1. The third-order valence-corrected chi connectivity index (χ3v) is 2.88. The molecule has 0 atom stereocenters. The van der Waals surface area contributed by atoms with Crippen LogP contribution in [0.2, 0.25) is 10.3 Å². The molecule has 0 aromatic carbocycles. The van der Waals surface area contributed by atoms with Crippen LogP contribution < -0.4 is 0 Å². The van der Waals surface area contributed by atoms with Crippen molar-refractivity contribution in [3.63, 3.8) is 0 Å². The number of pyridine rings is 1. The van der Waals surface area contributed by atoms with E-state index in [0.29, 0.717) is 16.9 Å². The van der Waals surface area contributed by atoms with Crippen LogP contribution in [0.1, 0.15) is 12.5 Å². The summed E-state index contributed by atoms with van der Waals surface area (Å²) in [5.74, 6) is 0. The highest BCUT2D eigenvalue weighted by Gasteiger charge is 2.08. The summed E-state index contributed by atoms with van der Waals surface area (Å²) >= 11 is 11.8. The van der Waals surface area contributed by atoms with Gasteiger partial charge in [-0.2, -0.15) is 0 Å². The van der Waals surface area contributed by atoms with Crippen molar-refractivity contribution in [2.75, 3.05) is 26.8 Å². The second kappa shape index (κ2) is 7.07. The van der Waals surface area contributed by atoms with E-state index in [0.717, 1.165) is 25.2 Å². The Labute approximate surface area is 106 Å². The van der Waals surface area contributed by atoms with E-state index in [-0.39, 0.29) is 0 Å². The third kappa shape index (κ3) is 4.26. The molecule has 1 aromatic heterocycles. The molecule has 0 radical (unpaired) electrons. The first kappa shape index (κ1) is 13.7. The van der Waals surface area contributed by atoms with E-state index < -0.39 is 0 Å². The molecule has 0 aliphatic rings. The Hall–Kier alpha value is -0.350. The van der Waals surface area contributed by atoms with E-state index in [2.05, 4.69) is 16.8 Å². The van der Waals surface area contributed by atoms with Crippen molar-refractivity contribution in [3.05, 3.63) is 28.0 Å². The molecular weight excluding hydrogens is 247 g/mol. The van der Waals surface area contributed by atoms with Gasteiger partial charge in [-0.25, -0.2) is 4.98 Å². The Bertz CT molecular complexity index is 334. The summed E-state index contributed by atoms with van der Waals surface area (Å²) in [6.45, 7) is 5.41. The number of nitrogens with zero attached hydrogens (tertiary/aromatic N) is 2. The van der Waals surface area contributed by atoms with E-state index in [4.69, 9.17) is 27.9 Å². The van der Waals surface area contributed by atoms with Gasteiger partial charge in [-0.1, -0.05) is 36.2 Å². The molecule has 1 aromatic rings. The summed E-state index contributed by atoms with van der Waals surface area (Å²) in [6.07, 6.45) is 0. The minimum Gasteiger partial charge on any atom is -0.383 e. The van der Waals surface area contributed by atoms with Crippen molar-refractivity contribution >= 4 is 23.2 Å². The minimum atomic E-state index is 0.425. The van der Waals surface area contributed by atoms with Gasteiger partial charge in [-0.3, -0.25) is 4.90 Å². The average Bonchev–Trinajstić information content (AvgIpc) is 2.27. The second-order valence-electron chi connectivity index (χ2n) is 3.45. The summed E-state index contributed by atoms with van der Waals surface area (Å²) in [7, 11) is 1.70. The van der Waals surface area contributed by atoms with Crippen LogP contribution in [0.4, 0.5) is 0 Å². The smallest absolute Gasteiger partial charge is 0.135 e. The highest BCUT2D eigenvalue weighted by Crippen LogP contribution is 2.18. The molecule has 5 heteroatoms. The van der Waals surface area contributed by atoms with Crippen molar-refractivity contribution in [3.8, 4) is 0 Å². The zero-order valence-electron chi connectivity index (χ0n) is 9.54. The fourth-order valence-corrected chi connectivity index (χ4v) is 1.77. The van der Waals surface area contributed by atoms with Gasteiger partial charge < -0.3 is 4.74 Å². The van der Waals surface area contributed by atoms with Crippen LogP contribution in [-0.2, 0) is 11.3 Å². The molecule has 0 saturated heterocycles. The van der Waals surface area contributed by atoms with Gasteiger partial charge in [0.2, 0.25) is 0 Å².